The van der Waals surface area contributed by atoms with Crippen LogP contribution in [0.3, 0.4) is 0 Å². The van der Waals surface area contributed by atoms with E-state index in [1.807, 2.05) is 18.2 Å². The van der Waals surface area contributed by atoms with E-state index in [1.165, 1.54) is 12.0 Å². The highest BCUT2D eigenvalue weighted by molar-refractivity contribution is 5.33. The third kappa shape index (κ3) is 4.06. The molecule has 0 spiro atoms. The first-order valence-corrected chi connectivity index (χ1v) is 8.06. The SMILES string of the molecule is COc1ccccc1CN1CCC(N(C)Cc2ncccn2)C1. The van der Waals surface area contributed by atoms with Crippen LogP contribution in [-0.4, -0.2) is 53.1 Å². The highest BCUT2D eigenvalue weighted by atomic mass is 16.5. The number of benzene rings is 1. The van der Waals surface area contributed by atoms with Gasteiger partial charge in [0.2, 0.25) is 0 Å². The summed E-state index contributed by atoms with van der Waals surface area (Å²) < 4.78 is 5.46. The lowest BCUT2D eigenvalue weighted by atomic mass is 10.2. The molecule has 1 saturated heterocycles. The number of aromatic nitrogens is 2. The van der Waals surface area contributed by atoms with Crippen molar-refractivity contribution < 1.29 is 4.74 Å². The smallest absolute Gasteiger partial charge is 0.142 e. The van der Waals surface area contributed by atoms with Crippen LogP contribution >= 0.6 is 0 Å². The molecule has 1 aromatic carbocycles. The Morgan fingerprint density at radius 3 is 2.78 bits per heavy atom. The molecule has 1 aliphatic heterocycles. The van der Waals surface area contributed by atoms with E-state index in [0.29, 0.717) is 6.04 Å². The van der Waals surface area contributed by atoms with E-state index in [9.17, 15) is 0 Å². The molecule has 23 heavy (non-hydrogen) atoms. The van der Waals surface area contributed by atoms with Gasteiger partial charge in [-0.3, -0.25) is 9.80 Å². The molecule has 0 N–H and O–H groups in total. The van der Waals surface area contributed by atoms with E-state index in [1.54, 1.807) is 19.5 Å². The molecule has 0 aliphatic carbocycles. The molecule has 1 fully saturated rings. The maximum absolute atomic E-state index is 5.46. The molecule has 0 bridgehead atoms. The van der Waals surface area contributed by atoms with Crippen LogP contribution in [0.1, 0.15) is 17.8 Å². The first-order valence-electron chi connectivity index (χ1n) is 8.06. The molecule has 0 saturated carbocycles. The number of methoxy groups -OCH3 is 1. The number of hydrogen-bond acceptors (Lipinski definition) is 5. The van der Waals surface area contributed by atoms with Gasteiger partial charge in [-0.1, -0.05) is 18.2 Å². The molecule has 1 unspecified atom stereocenters. The summed E-state index contributed by atoms with van der Waals surface area (Å²) >= 11 is 0. The van der Waals surface area contributed by atoms with Crippen molar-refractivity contribution in [3.8, 4) is 5.75 Å². The zero-order valence-electron chi connectivity index (χ0n) is 13.9. The lowest BCUT2D eigenvalue weighted by molar-refractivity contribution is 0.217. The van der Waals surface area contributed by atoms with Crippen LogP contribution in [-0.2, 0) is 13.1 Å². The van der Waals surface area contributed by atoms with Gasteiger partial charge in [-0.05, 0) is 25.6 Å². The molecule has 1 aliphatic rings. The number of rotatable bonds is 6. The predicted molar refractivity (Wildman–Crippen MR) is 90.2 cm³/mol. The summed E-state index contributed by atoms with van der Waals surface area (Å²) in [6, 6.07) is 10.7. The van der Waals surface area contributed by atoms with Gasteiger partial charge in [0.1, 0.15) is 11.6 Å². The van der Waals surface area contributed by atoms with Crippen LogP contribution in [0.15, 0.2) is 42.7 Å². The number of para-hydroxylation sites is 1. The Hall–Kier alpha value is -1.98. The molecule has 2 aromatic rings. The Bertz CT molecular complexity index is 619. The second kappa shape index (κ2) is 7.53. The molecule has 1 aromatic heterocycles. The van der Waals surface area contributed by atoms with Gasteiger partial charge in [-0.15, -0.1) is 0 Å². The van der Waals surface area contributed by atoms with E-state index < -0.39 is 0 Å². The van der Waals surface area contributed by atoms with E-state index in [0.717, 1.165) is 37.8 Å². The lowest BCUT2D eigenvalue weighted by Crippen LogP contribution is -2.34. The number of hydrogen-bond donors (Lipinski definition) is 0. The van der Waals surface area contributed by atoms with Gasteiger partial charge in [0, 0.05) is 43.6 Å². The van der Waals surface area contributed by atoms with Gasteiger partial charge in [-0.2, -0.15) is 0 Å². The Morgan fingerprint density at radius 1 is 1.22 bits per heavy atom. The highest BCUT2D eigenvalue weighted by Crippen LogP contribution is 2.23. The standard InChI is InChI=1S/C18H24N4O/c1-21(14-18-19-9-5-10-20-18)16-8-11-22(13-16)12-15-6-3-4-7-17(15)23-2/h3-7,9-10,16H,8,11-14H2,1-2H3. The van der Waals surface area contributed by atoms with Crippen molar-refractivity contribution in [2.45, 2.75) is 25.6 Å². The van der Waals surface area contributed by atoms with Crippen molar-refractivity contribution >= 4 is 0 Å². The number of likely N-dealkylation sites (tertiary alicyclic amines) is 1. The first-order chi connectivity index (χ1) is 11.3. The summed E-state index contributed by atoms with van der Waals surface area (Å²) in [5.41, 5.74) is 1.25. The Balaban J connectivity index is 1.56. The molecule has 3 rings (SSSR count). The zero-order chi connectivity index (χ0) is 16.1. The summed E-state index contributed by atoms with van der Waals surface area (Å²) in [6.07, 6.45) is 4.79. The van der Waals surface area contributed by atoms with Crippen molar-refractivity contribution in [3.05, 3.63) is 54.1 Å². The van der Waals surface area contributed by atoms with Crippen molar-refractivity contribution in [2.24, 2.45) is 0 Å². The fourth-order valence-electron chi connectivity index (χ4n) is 3.15. The summed E-state index contributed by atoms with van der Waals surface area (Å²) in [5, 5.41) is 0. The van der Waals surface area contributed by atoms with E-state index in [2.05, 4.69) is 38.9 Å². The van der Waals surface area contributed by atoms with E-state index in [4.69, 9.17) is 4.74 Å². The molecular weight excluding hydrogens is 288 g/mol. The molecule has 0 amide bonds. The molecule has 122 valence electrons. The van der Waals surface area contributed by atoms with Crippen molar-refractivity contribution in [1.82, 2.24) is 19.8 Å². The summed E-state index contributed by atoms with van der Waals surface area (Å²) in [5.74, 6) is 1.86. The van der Waals surface area contributed by atoms with Gasteiger partial charge in [-0.25, -0.2) is 9.97 Å². The van der Waals surface area contributed by atoms with Gasteiger partial charge < -0.3 is 4.74 Å². The molecule has 1 atom stereocenters. The molecule has 0 radical (unpaired) electrons. The minimum Gasteiger partial charge on any atom is -0.496 e. The van der Waals surface area contributed by atoms with Gasteiger partial charge in [0.05, 0.1) is 13.7 Å². The number of likely N-dealkylation sites (N-methyl/N-ethyl adjacent to an activating group) is 1. The topological polar surface area (TPSA) is 41.5 Å². The fourth-order valence-corrected chi connectivity index (χ4v) is 3.15. The van der Waals surface area contributed by atoms with Crippen LogP contribution in [0.2, 0.25) is 0 Å². The van der Waals surface area contributed by atoms with Crippen molar-refractivity contribution in [1.29, 1.82) is 0 Å². The van der Waals surface area contributed by atoms with Gasteiger partial charge in [0.15, 0.2) is 0 Å². The Labute approximate surface area is 137 Å². The Kier molecular flexibility index (Phi) is 5.20. The van der Waals surface area contributed by atoms with Crippen LogP contribution in [0.25, 0.3) is 0 Å². The highest BCUT2D eigenvalue weighted by Gasteiger charge is 2.26. The monoisotopic (exact) mass is 312 g/mol. The minimum absolute atomic E-state index is 0.550. The van der Waals surface area contributed by atoms with Crippen LogP contribution in [0.5, 0.6) is 5.75 Å². The maximum atomic E-state index is 5.46. The third-order valence-electron chi connectivity index (χ3n) is 4.47. The molecule has 5 nitrogen and oxygen atoms in total. The molecule has 2 heterocycles. The number of nitrogens with zero attached hydrogens (tertiary/aromatic N) is 4. The van der Waals surface area contributed by atoms with Crippen LogP contribution < -0.4 is 4.74 Å². The fraction of sp³-hybridized carbons (Fsp3) is 0.444. The summed E-state index contributed by atoms with van der Waals surface area (Å²) in [7, 11) is 3.90. The first kappa shape index (κ1) is 15.9. The largest absolute Gasteiger partial charge is 0.496 e. The van der Waals surface area contributed by atoms with Crippen LogP contribution in [0, 0.1) is 0 Å². The molecule has 5 heteroatoms. The second-order valence-electron chi connectivity index (χ2n) is 6.07. The normalized spacial score (nSPS) is 18.5. The average Bonchev–Trinajstić information content (AvgIpc) is 3.05. The average molecular weight is 312 g/mol. The van der Waals surface area contributed by atoms with Gasteiger partial charge >= 0.3 is 0 Å². The predicted octanol–water partition coefficient (Wildman–Crippen LogP) is 2.19. The summed E-state index contributed by atoms with van der Waals surface area (Å²) in [4.78, 5) is 13.5. The van der Waals surface area contributed by atoms with Gasteiger partial charge in [0.25, 0.3) is 0 Å². The van der Waals surface area contributed by atoms with E-state index >= 15 is 0 Å². The zero-order valence-corrected chi connectivity index (χ0v) is 13.9. The minimum atomic E-state index is 0.550. The third-order valence-corrected chi connectivity index (χ3v) is 4.47. The second-order valence-corrected chi connectivity index (χ2v) is 6.07. The molecular formula is C18H24N4O. The van der Waals surface area contributed by atoms with E-state index in [-0.39, 0.29) is 0 Å². The summed E-state index contributed by atoms with van der Waals surface area (Å²) in [6.45, 7) is 3.92. The maximum Gasteiger partial charge on any atom is 0.142 e. The lowest BCUT2D eigenvalue weighted by Gasteiger charge is -2.24. The van der Waals surface area contributed by atoms with Crippen LogP contribution in [0.4, 0.5) is 0 Å². The Morgan fingerprint density at radius 2 is 2.00 bits per heavy atom. The quantitative estimate of drug-likeness (QED) is 0.818. The van der Waals surface area contributed by atoms with Crippen molar-refractivity contribution in [2.75, 3.05) is 27.2 Å². The van der Waals surface area contributed by atoms with Crippen molar-refractivity contribution in [3.63, 3.8) is 0 Å². The number of ether oxygens (including phenoxy) is 1.